The molecule has 0 fully saturated rings. The smallest absolute Gasteiger partial charge is 0.795 e. The number of nitrogens with one attached hydrogen (secondary N) is 1. The second-order valence-corrected chi connectivity index (χ2v) is 7.18. The minimum Gasteiger partial charge on any atom is -0.795 e. The van der Waals surface area contributed by atoms with Gasteiger partial charge >= 0.3 is 35.7 Å². The molecule has 0 aliphatic heterocycles. The van der Waals surface area contributed by atoms with Gasteiger partial charge in [0.15, 0.2) is 11.6 Å². The van der Waals surface area contributed by atoms with Crippen LogP contribution < -0.4 is 40.6 Å². The number of benzene rings is 3. The van der Waals surface area contributed by atoms with E-state index in [-0.39, 0.29) is 85.8 Å². The Balaban J connectivity index is 0.00000272. The number of nitrogens with two attached hydrogens (primary N) is 1. The number of halogens is 3. The molecule has 3 aromatic carbocycles. The van der Waals surface area contributed by atoms with E-state index >= 15 is 0 Å². The van der Waals surface area contributed by atoms with Gasteiger partial charge in [-0.15, -0.1) is 0 Å². The molecular weight excluding hydrogens is 440 g/mol. The topological polar surface area (TPSA) is 95.2 Å². The fraction of sp³-hybridized carbons (Fsp3) is 0.0476. The van der Waals surface area contributed by atoms with E-state index < -0.39 is 23.3 Å². The van der Waals surface area contributed by atoms with Crippen molar-refractivity contribution in [3.8, 4) is 0 Å². The van der Waals surface area contributed by atoms with E-state index in [4.69, 9.17) is 5.73 Å². The van der Waals surface area contributed by atoms with Gasteiger partial charge in [-0.05, 0) is 24.3 Å². The molecule has 31 heavy (non-hydrogen) atoms. The van der Waals surface area contributed by atoms with Crippen LogP contribution in [-0.2, 0) is 6.18 Å². The van der Waals surface area contributed by atoms with Gasteiger partial charge in [0, 0.05) is 21.7 Å². The van der Waals surface area contributed by atoms with Crippen LogP contribution in [0.3, 0.4) is 0 Å². The third-order valence-corrected chi connectivity index (χ3v) is 5.28. The fourth-order valence-electron chi connectivity index (χ4n) is 3.39. The number of rotatable bonds is 3. The summed E-state index contributed by atoms with van der Waals surface area (Å²) in [5.74, 6) is -1.04. The Morgan fingerprint density at radius 2 is 1.52 bits per heavy atom. The van der Waals surface area contributed by atoms with Crippen LogP contribution in [0.15, 0.2) is 59.5 Å². The van der Waals surface area contributed by atoms with Crippen molar-refractivity contribution in [2.75, 3.05) is 11.1 Å². The standard InChI is InChI=1S/C21H13F3N2O3S.Na/c22-21(23,24)10-4-3-5-11(8-10)26-14-9-15(30-29)18(25)17-16(14)19(27)12-6-1-2-7-13(12)20(17)28;/h1-9,26,29H,25H2;/q;+1/p-1. The van der Waals surface area contributed by atoms with E-state index in [0.29, 0.717) is 0 Å². The third-order valence-electron chi connectivity index (χ3n) is 4.76. The summed E-state index contributed by atoms with van der Waals surface area (Å²) in [6.45, 7) is 0. The fourth-order valence-corrected chi connectivity index (χ4v) is 3.75. The average molecular weight is 452 g/mol. The van der Waals surface area contributed by atoms with Gasteiger partial charge in [0.1, 0.15) is 0 Å². The summed E-state index contributed by atoms with van der Waals surface area (Å²) in [5.41, 5.74) is 5.15. The number of carbonyl (C=O) groups excluding carboxylic acids is 2. The molecule has 3 aromatic rings. The zero-order chi connectivity index (χ0) is 21.6. The summed E-state index contributed by atoms with van der Waals surface area (Å²) in [6.07, 6.45) is -4.56. The van der Waals surface area contributed by atoms with Crippen molar-refractivity contribution >= 4 is 40.7 Å². The molecule has 0 bridgehead atoms. The molecule has 0 saturated heterocycles. The van der Waals surface area contributed by atoms with Gasteiger partial charge in [-0.1, -0.05) is 30.3 Å². The Kier molecular flexibility index (Phi) is 6.54. The van der Waals surface area contributed by atoms with Crippen LogP contribution in [0, 0.1) is 0 Å². The second-order valence-electron chi connectivity index (χ2n) is 6.58. The maximum atomic E-state index is 13.1. The Hall–Kier alpha value is -2.30. The van der Waals surface area contributed by atoms with Crippen molar-refractivity contribution in [3.63, 3.8) is 0 Å². The van der Waals surface area contributed by atoms with Crippen LogP contribution in [0.2, 0.25) is 0 Å². The first kappa shape index (κ1) is 23.4. The van der Waals surface area contributed by atoms with Crippen LogP contribution >= 0.6 is 12.0 Å². The summed E-state index contributed by atoms with van der Waals surface area (Å²) in [4.78, 5) is 26.1. The number of anilines is 3. The molecule has 0 atom stereocenters. The molecule has 1 aliphatic carbocycles. The molecule has 0 heterocycles. The van der Waals surface area contributed by atoms with Crippen molar-refractivity contribution in [1.29, 1.82) is 0 Å². The van der Waals surface area contributed by atoms with Crippen LogP contribution in [0.4, 0.5) is 30.2 Å². The van der Waals surface area contributed by atoms with Gasteiger partial charge in [-0.3, -0.25) is 9.59 Å². The SMILES string of the molecule is Nc1c(S[O-])cc(Nc2cccc(C(F)(F)F)c2)c2c1C(=O)c1ccccc1C2=O.[Na+]. The number of fused-ring (bicyclic) bond motifs is 2. The molecule has 10 heteroatoms. The molecule has 0 aromatic heterocycles. The largest absolute Gasteiger partial charge is 1.00 e. The van der Waals surface area contributed by atoms with Crippen molar-refractivity contribution in [1.82, 2.24) is 0 Å². The zero-order valence-electron chi connectivity index (χ0n) is 16.0. The molecule has 0 unspecified atom stereocenters. The summed E-state index contributed by atoms with van der Waals surface area (Å²) < 4.78 is 50.7. The number of hydrogen-bond acceptors (Lipinski definition) is 6. The first-order valence-corrected chi connectivity index (χ1v) is 9.35. The predicted octanol–water partition coefficient (Wildman–Crippen LogP) is 2.03. The number of hydrogen-bond donors (Lipinski definition) is 2. The molecule has 152 valence electrons. The van der Waals surface area contributed by atoms with Gasteiger partial charge in [0.05, 0.1) is 28.1 Å². The van der Waals surface area contributed by atoms with Crippen molar-refractivity contribution < 1.29 is 56.9 Å². The second kappa shape index (κ2) is 8.68. The van der Waals surface area contributed by atoms with E-state index in [1.165, 1.54) is 30.3 Å². The number of alkyl halides is 3. The number of carbonyl (C=O) groups is 2. The summed E-state index contributed by atoms with van der Waals surface area (Å²) in [7, 11) is 0. The van der Waals surface area contributed by atoms with E-state index in [9.17, 15) is 27.3 Å². The molecule has 1 aliphatic rings. The van der Waals surface area contributed by atoms with E-state index in [1.54, 1.807) is 12.1 Å². The Labute approximate surface area is 201 Å². The molecule has 0 saturated carbocycles. The monoisotopic (exact) mass is 452 g/mol. The van der Waals surface area contributed by atoms with Gasteiger partial charge in [-0.2, -0.15) is 13.2 Å². The molecule has 0 spiro atoms. The quantitative estimate of drug-likeness (QED) is 0.281. The van der Waals surface area contributed by atoms with E-state index in [0.717, 1.165) is 12.1 Å². The van der Waals surface area contributed by atoms with Crippen LogP contribution in [0.25, 0.3) is 0 Å². The van der Waals surface area contributed by atoms with Crippen LogP contribution in [-0.4, -0.2) is 16.1 Å². The molecule has 0 radical (unpaired) electrons. The summed E-state index contributed by atoms with van der Waals surface area (Å²) in [6, 6.07) is 11.8. The van der Waals surface area contributed by atoms with Gasteiger partial charge < -0.3 is 15.6 Å². The third kappa shape index (κ3) is 4.11. The van der Waals surface area contributed by atoms with Crippen molar-refractivity contribution in [3.05, 3.63) is 82.4 Å². The van der Waals surface area contributed by atoms with Gasteiger partial charge in [-0.25, -0.2) is 12.0 Å². The van der Waals surface area contributed by atoms with Crippen molar-refractivity contribution in [2.45, 2.75) is 11.1 Å². The maximum Gasteiger partial charge on any atom is 1.00 e. The molecular formula is C21H12F3N2NaO3S. The van der Waals surface area contributed by atoms with E-state index in [2.05, 4.69) is 5.32 Å². The molecule has 5 nitrogen and oxygen atoms in total. The first-order valence-electron chi connectivity index (χ1n) is 8.61. The minimum absolute atomic E-state index is 0. The normalized spacial score (nSPS) is 12.6. The Morgan fingerprint density at radius 1 is 0.903 bits per heavy atom. The molecule has 3 N–H and O–H groups in total. The predicted molar refractivity (Wildman–Crippen MR) is 106 cm³/mol. The summed E-state index contributed by atoms with van der Waals surface area (Å²) >= 11 is 0.0264. The zero-order valence-corrected chi connectivity index (χ0v) is 18.9. The average Bonchev–Trinajstić information content (AvgIpc) is 2.72. The molecule has 4 rings (SSSR count). The minimum atomic E-state index is -4.56. The molecule has 0 amide bonds. The summed E-state index contributed by atoms with van der Waals surface area (Å²) in [5, 5.41) is 2.75. The van der Waals surface area contributed by atoms with Crippen molar-refractivity contribution in [2.24, 2.45) is 0 Å². The van der Waals surface area contributed by atoms with Gasteiger partial charge in [0.25, 0.3) is 0 Å². The number of ketones is 2. The van der Waals surface area contributed by atoms with E-state index in [1.807, 2.05) is 0 Å². The van der Waals surface area contributed by atoms with Crippen LogP contribution in [0.1, 0.15) is 37.4 Å². The van der Waals surface area contributed by atoms with Gasteiger partial charge in [0.2, 0.25) is 0 Å². The number of nitrogen functional groups attached to an aromatic ring is 1. The van der Waals surface area contributed by atoms with Crippen LogP contribution in [0.5, 0.6) is 0 Å². The Morgan fingerprint density at radius 3 is 2.10 bits per heavy atom. The Bertz CT molecular complexity index is 1210. The first-order chi connectivity index (χ1) is 14.2. The maximum absolute atomic E-state index is 13.1.